The van der Waals surface area contributed by atoms with Crippen LogP contribution in [-0.2, 0) is 19.1 Å². The predicted octanol–water partition coefficient (Wildman–Crippen LogP) is -0.407. The van der Waals surface area contributed by atoms with Gasteiger partial charge in [0.05, 0.1) is 13.5 Å². The number of nitrogens with zero attached hydrogens (tertiary/aromatic N) is 1. The first-order valence-electron chi connectivity index (χ1n) is 3.50. The van der Waals surface area contributed by atoms with Crippen molar-refractivity contribution in [3.63, 3.8) is 0 Å². The molecular formula is C6H7BNO4P. The summed E-state index contributed by atoms with van der Waals surface area (Å²) in [6.07, 6.45) is -0.0939. The molecule has 2 atom stereocenters. The van der Waals surface area contributed by atoms with Crippen molar-refractivity contribution >= 4 is 33.6 Å². The lowest BCUT2D eigenvalue weighted by Crippen LogP contribution is -2.19. The molecule has 0 aromatic carbocycles. The van der Waals surface area contributed by atoms with E-state index in [2.05, 4.69) is 14.5 Å². The van der Waals surface area contributed by atoms with Crippen molar-refractivity contribution in [1.82, 2.24) is 0 Å². The van der Waals surface area contributed by atoms with Crippen LogP contribution >= 0.6 is 8.46 Å². The van der Waals surface area contributed by atoms with Crippen LogP contribution in [0.4, 0.5) is 0 Å². The minimum absolute atomic E-state index is 0.0939. The van der Waals surface area contributed by atoms with Crippen molar-refractivity contribution in [2.75, 3.05) is 7.11 Å². The van der Waals surface area contributed by atoms with Crippen LogP contribution in [0.15, 0.2) is 4.99 Å². The Morgan fingerprint density at radius 2 is 2.54 bits per heavy atom. The molecule has 5 nitrogen and oxygen atoms in total. The molecule has 2 radical (unpaired) electrons. The molecule has 0 amide bonds. The van der Waals surface area contributed by atoms with Gasteiger partial charge in [-0.2, -0.15) is 0 Å². The summed E-state index contributed by atoms with van der Waals surface area (Å²) < 4.78 is 9.04. The fourth-order valence-corrected chi connectivity index (χ4v) is 1.21. The van der Waals surface area contributed by atoms with Crippen molar-refractivity contribution in [2.45, 2.75) is 12.5 Å². The lowest BCUT2D eigenvalue weighted by Gasteiger charge is -2.00. The number of rotatable bonds is 3. The quantitative estimate of drug-likeness (QED) is 0.352. The van der Waals surface area contributed by atoms with Crippen LogP contribution in [0.5, 0.6) is 0 Å². The number of hydrogen-bond acceptors (Lipinski definition) is 5. The summed E-state index contributed by atoms with van der Waals surface area (Å²) in [5.41, 5.74) is 0.193. The highest BCUT2D eigenvalue weighted by atomic mass is 31.1. The monoisotopic (exact) mass is 199 g/mol. The minimum atomic E-state index is -0.779. The molecule has 0 N–H and O–H groups in total. The molecule has 0 aromatic rings. The summed E-state index contributed by atoms with van der Waals surface area (Å²) in [6.45, 7) is 0. The van der Waals surface area contributed by atoms with Gasteiger partial charge in [0, 0.05) is 0 Å². The summed E-state index contributed by atoms with van der Waals surface area (Å²) >= 11 is 0. The van der Waals surface area contributed by atoms with E-state index in [0.29, 0.717) is 0 Å². The third-order valence-corrected chi connectivity index (χ3v) is 1.93. The van der Waals surface area contributed by atoms with Crippen molar-refractivity contribution in [3.8, 4) is 0 Å². The first kappa shape index (κ1) is 10.2. The maximum absolute atomic E-state index is 11.0. The van der Waals surface area contributed by atoms with E-state index in [4.69, 9.17) is 7.57 Å². The van der Waals surface area contributed by atoms with Gasteiger partial charge in [-0.3, -0.25) is 4.79 Å². The molecule has 1 rings (SSSR count). The molecule has 0 spiro atoms. The number of carbonyl (C=O) groups excluding carboxylic acids is 2. The Morgan fingerprint density at radius 3 is 3.00 bits per heavy atom. The van der Waals surface area contributed by atoms with Crippen molar-refractivity contribution in [1.29, 1.82) is 0 Å². The van der Waals surface area contributed by atoms with Crippen molar-refractivity contribution in [3.05, 3.63) is 0 Å². The Morgan fingerprint density at radius 1 is 1.85 bits per heavy atom. The maximum atomic E-state index is 11.0. The fraction of sp³-hybridized carbons (Fsp3) is 0.500. The Bertz CT molecular complexity index is 267. The number of hydrogen-bond donors (Lipinski definition) is 0. The number of carbonyl (C=O) groups is 2. The first-order chi connectivity index (χ1) is 6.17. The van der Waals surface area contributed by atoms with Crippen LogP contribution in [0.2, 0.25) is 0 Å². The number of aliphatic imine (C=N–C) groups is 1. The molecule has 13 heavy (non-hydrogen) atoms. The van der Waals surface area contributed by atoms with E-state index in [0.717, 1.165) is 0 Å². The smallest absolute Gasteiger partial charge is 0.338 e. The Kier molecular flexibility index (Phi) is 3.43. The van der Waals surface area contributed by atoms with Gasteiger partial charge in [0.2, 0.25) is 5.64 Å². The molecule has 0 aliphatic carbocycles. The fourth-order valence-electron chi connectivity index (χ4n) is 0.821. The molecule has 68 valence electrons. The minimum Gasteiger partial charge on any atom is -0.469 e. The molecule has 0 fully saturated rings. The highest BCUT2D eigenvalue weighted by Crippen LogP contribution is 2.19. The molecule has 1 aliphatic rings. The second kappa shape index (κ2) is 4.37. The average molecular weight is 199 g/mol. The molecule has 1 aliphatic heterocycles. The van der Waals surface area contributed by atoms with E-state index in [1.807, 2.05) is 0 Å². The largest absolute Gasteiger partial charge is 0.469 e. The van der Waals surface area contributed by atoms with Crippen LogP contribution in [0.3, 0.4) is 0 Å². The third-order valence-electron chi connectivity index (χ3n) is 1.45. The third kappa shape index (κ3) is 2.52. The molecular weight excluding hydrogens is 192 g/mol. The number of cyclic esters (lactones) is 1. The Labute approximate surface area is 78.0 Å². The molecule has 0 bridgehead atoms. The van der Waals surface area contributed by atoms with Gasteiger partial charge in [0.25, 0.3) is 0 Å². The lowest BCUT2D eigenvalue weighted by atomic mass is 10.2. The van der Waals surface area contributed by atoms with E-state index in [9.17, 15) is 9.59 Å². The Hall–Kier alpha value is -0.895. The number of esters is 2. The van der Waals surface area contributed by atoms with E-state index in [1.54, 1.807) is 0 Å². The predicted molar refractivity (Wildman–Crippen MR) is 48.0 cm³/mol. The zero-order valence-electron chi connectivity index (χ0n) is 6.94. The van der Waals surface area contributed by atoms with Crippen LogP contribution in [-0.4, -0.2) is 38.3 Å². The summed E-state index contributed by atoms with van der Waals surface area (Å²) in [5, 5.41) is 0. The summed E-state index contributed by atoms with van der Waals surface area (Å²) in [7, 11) is 6.31. The van der Waals surface area contributed by atoms with Crippen LogP contribution < -0.4 is 0 Å². The highest BCUT2D eigenvalue weighted by molar-refractivity contribution is 7.80. The molecule has 0 aromatic heterocycles. The first-order valence-corrected chi connectivity index (χ1v) is 4.58. The van der Waals surface area contributed by atoms with Gasteiger partial charge in [-0.05, 0) is 0 Å². The normalized spacial score (nSPS) is 21.8. The second-order valence-electron chi connectivity index (χ2n) is 2.30. The standard InChI is InChI=1S/C6H7BNO4P/c1-11-4(9)2-3-5(10)12-6(8-3)13-7/h3,13H,2H2,1H3. The lowest BCUT2D eigenvalue weighted by molar-refractivity contribution is -0.145. The van der Waals surface area contributed by atoms with Crippen molar-refractivity contribution in [2.24, 2.45) is 4.99 Å². The zero-order valence-corrected chi connectivity index (χ0v) is 7.94. The molecule has 7 heteroatoms. The highest BCUT2D eigenvalue weighted by Gasteiger charge is 2.30. The van der Waals surface area contributed by atoms with E-state index < -0.39 is 18.0 Å². The van der Waals surface area contributed by atoms with E-state index in [1.165, 1.54) is 7.11 Å². The van der Waals surface area contributed by atoms with Gasteiger partial charge in [-0.25, -0.2) is 9.79 Å². The topological polar surface area (TPSA) is 65.0 Å². The molecule has 0 saturated heterocycles. The summed E-state index contributed by atoms with van der Waals surface area (Å²) in [6, 6.07) is -0.779. The number of methoxy groups -OCH3 is 1. The van der Waals surface area contributed by atoms with E-state index in [-0.39, 0.29) is 20.5 Å². The van der Waals surface area contributed by atoms with Crippen molar-refractivity contribution < 1.29 is 19.1 Å². The Balaban J connectivity index is 2.55. The van der Waals surface area contributed by atoms with Crippen LogP contribution in [0.1, 0.15) is 6.42 Å². The van der Waals surface area contributed by atoms with Gasteiger partial charge in [0.15, 0.2) is 6.04 Å². The average Bonchev–Trinajstić information content (AvgIpc) is 2.47. The van der Waals surface area contributed by atoms with Gasteiger partial charge < -0.3 is 9.47 Å². The molecule has 2 unspecified atom stereocenters. The molecule has 1 heterocycles. The van der Waals surface area contributed by atoms with Gasteiger partial charge in [-0.15, -0.1) is 0 Å². The van der Waals surface area contributed by atoms with Gasteiger partial charge in [-0.1, -0.05) is 8.46 Å². The maximum Gasteiger partial charge on any atom is 0.338 e. The zero-order chi connectivity index (χ0) is 9.84. The summed E-state index contributed by atoms with van der Waals surface area (Å²) in [4.78, 5) is 25.6. The summed E-state index contributed by atoms with van der Waals surface area (Å²) in [5.74, 6) is -1.04. The van der Waals surface area contributed by atoms with Crippen LogP contribution in [0, 0.1) is 0 Å². The number of ether oxygens (including phenoxy) is 2. The second-order valence-corrected chi connectivity index (χ2v) is 3.01. The van der Waals surface area contributed by atoms with Gasteiger partial charge in [0.1, 0.15) is 7.57 Å². The SMILES string of the molecule is [B]PC1=NC(CC(=O)OC)C(=O)O1. The molecule has 0 saturated carbocycles. The van der Waals surface area contributed by atoms with Crippen LogP contribution in [0.25, 0.3) is 0 Å². The van der Waals surface area contributed by atoms with E-state index >= 15 is 0 Å². The van der Waals surface area contributed by atoms with Gasteiger partial charge >= 0.3 is 11.9 Å².